The summed E-state index contributed by atoms with van der Waals surface area (Å²) in [5.74, 6) is -1.47. The van der Waals surface area contributed by atoms with Crippen molar-refractivity contribution in [2.75, 3.05) is 0 Å². The average molecular weight is 269 g/mol. The third kappa shape index (κ3) is 2.36. The molecular weight excluding hydrogens is 259 g/mol. The quantitative estimate of drug-likeness (QED) is 0.931. The van der Waals surface area contributed by atoms with E-state index in [1.807, 2.05) is 0 Å². The molecule has 2 aromatic rings. The van der Waals surface area contributed by atoms with Gasteiger partial charge in [-0.15, -0.1) is 0 Å². The summed E-state index contributed by atoms with van der Waals surface area (Å²) >= 11 is 5.70. The van der Waals surface area contributed by atoms with Crippen molar-refractivity contribution in [3.63, 3.8) is 0 Å². The minimum atomic E-state index is -0.951. The predicted octanol–water partition coefficient (Wildman–Crippen LogP) is 2.60. The lowest BCUT2D eigenvalue weighted by Crippen LogP contribution is -2.07. The first-order valence-electron chi connectivity index (χ1n) is 5.19. The molecule has 1 aromatic carbocycles. The molecule has 0 amide bonds. The highest BCUT2D eigenvalue weighted by molar-refractivity contribution is 6.30. The molecule has 0 spiro atoms. The van der Waals surface area contributed by atoms with Gasteiger partial charge in [0.05, 0.1) is 29.2 Å². The molecule has 0 aliphatic carbocycles. The van der Waals surface area contributed by atoms with E-state index in [0.29, 0.717) is 17.1 Å². The number of hydrogen-bond donors (Lipinski definition) is 1. The number of benzene rings is 1. The summed E-state index contributed by atoms with van der Waals surface area (Å²) in [7, 11) is 0. The second kappa shape index (κ2) is 4.78. The predicted molar refractivity (Wildman–Crippen MR) is 64.6 cm³/mol. The molecule has 18 heavy (non-hydrogen) atoms. The van der Waals surface area contributed by atoms with Crippen molar-refractivity contribution in [2.45, 2.75) is 13.3 Å². The Labute approximate surface area is 108 Å². The van der Waals surface area contributed by atoms with Crippen LogP contribution in [0.4, 0.5) is 4.39 Å². The Bertz CT molecular complexity index is 610. The Morgan fingerprint density at radius 2 is 2.28 bits per heavy atom. The monoisotopic (exact) mass is 268 g/mol. The summed E-state index contributed by atoms with van der Waals surface area (Å²) in [5, 5.41) is 8.84. The van der Waals surface area contributed by atoms with E-state index >= 15 is 0 Å². The maximum absolute atomic E-state index is 13.1. The highest BCUT2D eigenvalue weighted by Gasteiger charge is 2.13. The Balaban J connectivity index is 2.50. The number of aliphatic carboxylic acids is 1. The third-order valence-corrected chi connectivity index (χ3v) is 2.86. The van der Waals surface area contributed by atoms with Crippen molar-refractivity contribution in [3.05, 3.63) is 46.8 Å². The molecule has 0 bridgehead atoms. The SMILES string of the molecule is Cc1ncn(-c2ccc(F)c(Cl)c2)c1CC(=O)O. The van der Waals surface area contributed by atoms with Crippen molar-refractivity contribution in [3.8, 4) is 5.69 Å². The zero-order valence-corrected chi connectivity index (χ0v) is 10.3. The first kappa shape index (κ1) is 12.6. The molecule has 1 aromatic heterocycles. The molecule has 0 atom stereocenters. The molecule has 1 N–H and O–H groups in total. The van der Waals surface area contributed by atoms with Gasteiger partial charge in [-0.2, -0.15) is 0 Å². The van der Waals surface area contributed by atoms with E-state index in [1.54, 1.807) is 11.5 Å². The van der Waals surface area contributed by atoms with Crippen LogP contribution in [-0.2, 0) is 11.2 Å². The Morgan fingerprint density at radius 1 is 1.56 bits per heavy atom. The fourth-order valence-corrected chi connectivity index (χ4v) is 1.85. The smallest absolute Gasteiger partial charge is 0.309 e. The maximum atomic E-state index is 13.1. The number of imidazole rings is 1. The van der Waals surface area contributed by atoms with E-state index in [9.17, 15) is 9.18 Å². The lowest BCUT2D eigenvalue weighted by molar-refractivity contribution is -0.136. The van der Waals surface area contributed by atoms with Gasteiger partial charge in [0.2, 0.25) is 0 Å². The summed E-state index contributed by atoms with van der Waals surface area (Å²) in [6.45, 7) is 1.72. The van der Waals surface area contributed by atoms with Crippen LogP contribution >= 0.6 is 11.6 Å². The number of aromatic nitrogens is 2. The Hall–Kier alpha value is -1.88. The van der Waals surface area contributed by atoms with Crippen molar-refractivity contribution in [1.82, 2.24) is 9.55 Å². The number of hydrogen-bond acceptors (Lipinski definition) is 2. The minimum absolute atomic E-state index is 0.0138. The number of halogens is 2. The van der Waals surface area contributed by atoms with Gasteiger partial charge in [0.25, 0.3) is 0 Å². The molecule has 6 heteroatoms. The summed E-state index contributed by atoms with van der Waals surface area (Å²) < 4.78 is 14.7. The van der Waals surface area contributed by atoms with E-state index in [4.69, 9.17) is 16.7 Å². The van der Waals surface area contributed by atoms with Crippen LogP contribution in [0.25, 0.3) is 5.69 Å². The zero-order chi connectivity index (χ0) is 13.3. The van der Waals surface area contributed by atoms with E-state index in [0.717, 1.165) is 0 Å². The summed E-state index contributed by atoms with van der Waals surface area (Å²) in [6.07, 6.45) is 1.35. The van der Waals surface area contributed by atoms with E-state index < -0.39 is 11.8 Å². The van der Waals surface area contributed by atoms with Gasteiger partial charge >= 0.3 is 5.97 Å². The molecule has 94 valence electrons. The van der Waals surface area contributed by atoms with Crippen molar-refractivity contribution < 1.29 is 14.3 Å². The molecule has 0 saturated carbocycles. The molecule has 4 nitrogen and oxygen atoms in total. The van der Waals surface area contributed by atoms with Crippen LogP contribution in [0, 0.1) is 12.7 Å². The molecule has 0 aliphatic rings. The van der Waals surface area contributed by atoms with Crippen LogP contribution in [0.1, 0.15) is 11.4 Å². The van der Waals surface area contributed by atoms with Crippen LogP contribution in [0.15, 0.2) is 24.5 Å². The molecule has 0 saturated heterocycles. The molecule has 2 rings (SSSR count). The van der Waals surface area contributed by atoms with Gasteiger partial charge in [-0.1, -0.05) is 11.6 Å². The van der Waals surface area contributed by atoms with Crippen LogP contribution in [-0.4, -0.2) is 20.6 Å². The fourth-order valence-electron chi connectivity index (χ4n) is 1.68. The lowest BCUT2D eigenvalue weighted by Gasteiger charge is -2.08. The minimum Gasteiger partial charge on any atom is -0.481 e. The van der Waals surface area contributed by atoms with Crippen LogP contribution in [0.2, 0.25) is 5.02 Å². The third-order valence-electron chi connectivity index (χ3n) is 2.58. The van der Waals surface area contributed by atoms with Crippen molar-refractivity contribution in [1.29, 1.82) is 0 Å². The van der Waals surface area contributed by atoms with Gasteiger partial charge in [0.1, 0.15) is 5.82 Å². The number of rotatable bonds is 3. The number of aryl methyl sites for hydroxylation is 1. The maximum Gasteiger partial charge on any atom is 0.309 e. The average Bonchev–Trinajstić information content (AvgIpc) is 2.64. The van der Waals surface area contributed by atoms with Crippen molar-refractivity contribution in [2.24, 2.45) is 0 Å². The fraction of sp³-hybridized carbons (Fsp3) is 0.167. The second-order valence-corrected chi connectivity index (χ2v) is 4.22. The first-order chi connectivity index (χ1) is 8.49. The van der Waals surface area contributed by atoms with Gasteiger partial charge < -0.3 is 9.67 Å². The first-order valence-corrected chi connectivity index (χ1v) is 5.57. The molecular formula is C12H10ClFN2O2. The summed E-state index contributed by atoms with van der Waals surface area (Å²) in [6, 6.07) is 4.19. The highest BCUT2D eigenvalue weighted by atomic mass is 35.5. The molecule has 0 aliphatic heterocycles. The highest BCUT2D eigenvalue weighted by Crippen LogP contribution is 2.21. The van der Waals surface area contributed by atoms with Crippen LogP contribution in [0.5, 0.6) is 0 Å². The second-order valence-electron chi connectivity index (χ2n) is 3.82. The summed E-state index contributed by atoms with van der Waals surface area (Å²) in [5.41, 5.74) is 1.75. The van der Waals surface area contributed by atoms with E-state index in [-0.39, 0.29) is 11.4 Å². The Morgan fingerprint density at radius 3 is 2.89 bits per heavy atom. The largest absolute Gasteiger partial charge is 0.481 e. The molecule has 0 unspecified atom stereocenters. The molecule has 0 radical (unpaired) electrons. The molecule has 0 fully saturated rings. The summed E-state index contributed by atoms with van der Waals surface area (Å²) in [4.78, 5) is 14.9. The van der Waals surface area contributed by atoms with E-state index in [1.165, 1.54) is 24.5 Å². The van der Waals surface area contributed by atoms with Gasteiger partial charge in [0.15, 0.2) is 0 Å². The number of nitrogens with zero attached hydrogens (tertiary/aromatic N) is 2. The van der Waals surface area contributed by atoms with Gasteiger partial charge in [-0.3, -0.25) is 4.79 Å². The number of carboxylic acid groups (broad SMARTS) is 1. The standard InChI is InChI=1S/C12H10ClFN2O2/c1-7-11(5-12(17)18)16(6-15-7)8-2-3-10(14)9(13)4-8/h2-4,6H,5H2,1H3,(H,17,18). The number of carbonyl (C=O) groups is 1. The zero-order valence-electron chi connectivity index (χ0n) is 9.52. The topological polar surface area (TPSA) is 55.1 Å². The van der Waals surface area contributed by atoms with Crippen LogP contribution < -0.4 is 0 Å². The van der Waals surface area contributed by atoms with Gasteiger partial charge in [-0.25, -0.2) is 9.37 Å². The van der Waals surface area contributed by atoms with E-state index in [2.05, 4.69) is 4.98 Å². The number of carboxylic acids is 1. The normalized spacial score (nSPS) is 10.6. The van der Waals surface area contributed by atoms with Crippen molar-refractivity contribution >= 4 is 17.6 Å². The van der Waals surface area contributed by atoms with Gasteiger partial charge in [-0.05, 0) is 25.1 Å². The van der Waals surface area contributed by atoms with Gasteiger partial charge in [0, 0.05) is 5.69 Å². The molecule has 1 heterocycles. The van der Waals surface area contributed by atoms with Crippen LogP contribution in [0.3, 0.4) is 0 Å². The lowest BCUT2D eigenvalue weighted by atomic mass is 10.2. The Kier molecular flexibility index (Phi) is 3.34.